The van der Waals surface area contributed by atoms with E-state index in [4.69, 9.17) is 0 Å². The van der Waals surface area contributed by atoms with E-state index in [1.807, 2.05) is 26.2 Å². The van der Waals surface area contributed by atoms with Crippen molar-refractivity contribution in [2.45, 2.75) is 5.92 Å². The lowest BCUT2D eigenvalue weighted by Crippen LogP contribution is -2.21. The smallest absolute Gasteiger partial charge is 0.159 e. The zero-order valence-corrected chi connectivity index (χ0v) is 11.3. The Hall–Kier alpha value is -1.27. The summed E-state index contributed by atoms with van der Waals surface area (Å²) in [5.41, 5.74) is 1.19. The first-order valence-electron chi connectivity index (χ1n) is 5.34. The molecule has 1 heterocycles. The zero-order chi connectivity index (χ0) is 12.3. The van der Waals surface area contributed by atoms with Gasteiger partial charge in [0.2, 0.25) is 0 Å². The van der Waals surface area contributed by atoms with Gasteiger partial charge in [-0.3, -0.25) is 0 Å². The lowest BCUT2D eigenvalue weighted by Gasteiger charge is -2.15. The van der Waals surface area contributed by atoms with Crippen molar-refractivity contribution in [3.8, 4) is 0 Å². The Labute approximate surface area is 108 Å². The second-order valence-corrected chi connectivity index (χ2v) is 4.74. The molecule has 0 fully saturated rings. The standard InChI is InChI=1S/C11H14BrN5/c1-13-7-10(11-14-15-16-17(11)2)8-3-5-9(12)6-4-8/h3-6,10,13H,7H2,1-2H3. The molecule has 90 valence electrons. The van der Waals surface area contributed by atoms with Crippen molar-refractivity contribution in [2.75, 3.05) is 13.6 Å². The third kappa shape index (κ3) is 2.70. The molecule has 0 radical (unpaired) electrons. The number of halogens is 1. The highest BCUT2D eigenvalue weighted by Gasteiger charge is 2.18. The number of aryl methyl sites for hydroxylation is 1. The van der Waals surface area contributed by atoms with Gasteiger partial charge in [-0.1, -0.05) is 28.1 Å². The van der Waals surface area contributed by atoms with Crippen LogP contribution in [-0.2, 0) is 7.05 Å². The molecule has 0 bridgehead atoms. The van der Waals surface area contributed by atoms with Crippen molar-refractivity contribution in [3.05, 3.63) is 40.1 Å². The second-order valence-electron chi connectivity index (χ2n) is 3.82. The highest BCUT2D eigenvalue weighted by atomic mass is 79.9. The number of benzene rings is 1. The van der Waals surface area contributed by atoms with Crippen molar-refractivity contribution in [1.82, 2.24) is 25.5 Å². The van der Waals surface area contributed by atoms with Gasteiger partial charge < -0.3 is 5.32 Å². The molecule has 1 N–H and O–H groups in total. The molecule has 5 nitrogen and oxygen atoms in total. The van der Waals surface area contributed by atoms with Crippen LogP contribution in [0.15, 0.2) is 28.7 Å². The third-order valence-electron chi connectivity index (χ3n) is 2.65. The predicted octanol–water partition coefficient (Wildman–Crippen LogP) is 1.32. The first kappa shape index (κ1) is 12.2. The predicted molar refractivity (Wildman–Crippen MR) is 68.7 cm³/mol. The first-order valence-corrected chi connectivity index (χ1v) is 6.14. The lowest BCUT2D eigenvalue weighted by atomic mass is 9.98. The van der Waals surface area contributed by atoms with Gasteiger partial charge in [-0.25, -0.2) is 4.68 Å². The molecule has 0 aliphatic heterocycles. The Balaban J connectivity index is 2.35. The summed E-state index contributed by atoms with van der Waals surface area (Å²) in [4.78, 5) is 0. The van der Waals surface area contributed by atoms with Gasteiger partial charge in [-0.15, -0.1) is 5.10 Å². The molecule has 1 atom stereocenters. The van der Waals surface area contributed by atoms with E-state index in [0.717, 1.165) is 16.8 Å². The number of rotatable bonds is 4. The SMILES string of the molecule is CNCC(c1ccc(Br)cc1)c1nnnn1C. The molecule has 0 saturated carbocycles. The van der Waals surface area contributed by atoms with Crippen LogP contribution < -0.4 is 5.32 Å². The Kier molecular flexibility index (Phi) is 3.86. The van der Waals surface area contributed by atoms with Crippen LogP contribution in [0.4, 0.5) is 0 Å². The average Bonchev–Trinajstić information content (AvgIpc) is 2.74. The van der Waals surface area contributed by atoms with Gasteiger partial charge in [-0.2, -0.15) is 0 Å². The van der Waals surface area contributed by atoms with Gasteiger partial charge in [0.05, 0.1) is 5.92 Å². The molecule has 0 aliphatic carbocycles. The summed E-state index contributed by atoms with van der Waals surface area (Å²) in [5.74, 6) is 1.02. The van der Waals surface area contributed by atoms with Crippen LogP contribution in [-0.4, -0.2) is 33.8 Å². The van der Waals surface area contributed by atoms with Crippen LogP contribution in [0.5, 0.6) is 0 Å². The summed E-state index contributed by atoms with van der Waals surface area (Å²) >= 11 is 3.44. The van der Waals surface area contributed by atoms with Crippen LogP contribution >= 0.6 is 15.9 Å². The number of likely N-dealkylation sites (N-methyl/N-ethyl adjacent to an activating group) is 1. The van der Waals surface area contributed by atoms with Crippen LogP contribution in [0.25, 0.3) is 0 Å². The number of nitrogens with one attached hydrogen (secondary N) is 1. The van der Waals surface area contributed by atoms with Crippen molar-refractivity contribution < 1.29 is 0 Å². The van der Waals surface area contributed by atoms with E-state index >= 15 is 0 Å². The molecule has 0 amide bonds. The highest BCUT2D eigenvalue weighted by molar-refractivity contribution is 9.10. The number of hydrogen-bond donors (Lipinski definition) is 1. The molecule has 2 aromatic rings. The van der Waals surface area contributed by atoms with Gasteiger partial charge in [0, 0.05) is 18.1 Å². The number of hydrogen-bond acceptors (Lipinski definition) is 4. The normalized spacial score (nSPS) is 12.6. The van der Waals surface area contributed by atoms with E-state index in [2.05, 4.69) is 48.9 Å². The molecule has 0 aliphatic rings. The van der Waals surface area contributed by atoms with Gasteiger partial charge in [0.1, 0.15) is 0 Å². The van der Waals surface area contributed by atoms with E-state index in [0.29, 0.717) is 0 Å². The summed E-state index contributed by atoms with van der Waals surface area (Å²) in [6.45, 7) is 0.801. The van der Waals surface area contributed by atoms with E-state index in [1.54, 1.807) is 4.68 Å². The van der Waals surface area contributed by atoms with Crippen molar-refractivity contribution >= 4 is 15.9 Å². The minimum absolute atomic E-state index is 0.160. The Bertz CT molecular complexity index is 479. The fourth-order valence-electron chi connectivity index (χ4n) is 1.79. The number of aromatic nitrogens is 4. The largest absolute Gasteiger partial charge is 0.319 e. The maximum atomic E-state index is 4.08. The van der Waals surface area contributed by atoms with Gasteiger partial charge in [-0.05, 0) is 35.2 Å². The zero-order valence-electron chi connectivity index (χ0n) is 9.76. The number of nitrogens with zero attached hydrogens (tertiary/aromatic N) is 4. The fourth-order valence-corrected chi connectivity index (χ4v) is 2.05. The van der Waals surface area contributed by atoms with E-state index in [9.17, 15) is 0 Å². The molecular weight excluding hydrogens is 282 g/mol. The molecule has 17 heavy (non-hydrogen) atoms. The van der Waals surface area contributed by atoms with Gasteiger partial charge in [0.25, 0.3) is 0 Å². The Morgan fingerprint density at radius 1 is 1.35 bits per heavy atom. The first-order chi connectivity index (χ1) is 8.22. The molecule has 0 saturated heterocycles. The molecule has 6 heteroatoms. The summed E-state index contributed by atoms with van der Waals surface area (Å²) in [5, 5.41) is 14.8. The van der Waals surface area contributed by atoms with Crippen LogP contribution in [0.1, 0.15) is 17.3 Å². The van der Waals surface area contributed by atoms with Crippen molar-refractivity contribution in [3.63, 3.8) is 0 Å². The summed E-state index contributed by atoms with van der Waals surface area (Å²) in [7, 11) is 3.78. The topological polar surface area (TPSA) is 55.6 Å². The maximum Gasteiger partial charge on any atom is 0.159 e. The molecule has 1 unspecified atom stereocenters. The van der Waals surface area contributed by atoms with Crippen molar-refractivity contribution in [1.29, 1.82) is 0 Å². The minimum atomic E-state index is 0.160. The van der Waals surface area contributed by atoms with Crippen LogP contribution in [0.3, 0.4) is 0 Å². The molecular formula is C11H14BrN5. The van der Waals surface area contributed by atoms with Gasteiger partial charge in [0.15, 0.2) is 5.82 Å². The van der Waals surface area contributed by atoms with E-state index in [1.165, 1.54) is 5.56 Å². The monoisotopic (exact) mass is 295 g/mol. The minimum Gasteiger partial charge on any atom is -0.319 e. The number of tetrazole rings is 1. The second kappa shape index (κ2) is 5.37. The molecule has 0 spiro atoms. The average molecular weight is 296 g/mol. The van der Waals surface area contributed by atoms with Crippen LogP contribution in [0, 0.1) is 0 Å². The van der Waals surface area contributed by atoms with Gasteiger partial charge >= 0.3 is 0 Å². The maximum absolute atomic E-state index is 4.08. The van der Waals surface area contributed by atoms with Crippen molar-refractivity contribution in [2.24, 2.45) is 7.05 Å². The summed E-state index contributed by atoms with van der Waals surface area (Å²) < 4.78 is 2.78. The molecule has 1 aromatic heterocycles. The Morgan fingerprint density at radius 2 is 2.06 bits per heavy atom. The quantitative estimate of drug-likeness (QED) is 0.924. The molecule has 1 aromatic carbocycles. The molecule has 2 rings (SSSR count). The fraction of sp³-hybridized carbons (Fsp3) is 0.364. The summed E-state index contributed by atoms with van der Waals surface area (Å²) in [6, 6.07) is 8.23. The highest BCUT2D eigenvalue weighted by Crippen LogP contribution is 2.23. The van der Waals surface area contributed by atoms with E-state index in [-0.39, 0.29) is 5.92 Å². The van der Waals surface area contributed by atoms with E-state index < -0.39 is 0 Å². The Morgan fingerprint density at radius 3 is 2.59 bits per heavy atom. The third-order valence-corrected chi connectivity index (χ3v) is 3.17. The summed E-state index contributed by atoms with van der Waals surface area (Å²) in [6.07, 6.45) is 0. The lowest BCUT2D eigenvalue weighted by molar-refractivity contribution is 0.611. The van der Waals surface area contributed by atoms with Crippen LogP contribution in [0.2, 0.25) is 0 Å².